The molecule has 176 valence electrons. The maximum atomic E-state index is 13.4. The third-order valence-electron chi connectivity index (χ3n) is 5.81. The first kappa shape index (κ1) is 24.8. The van der Waals surface area contributed by atoms with Gasteiger partial charge in [0.25, 0.3) is 10.0 Å². The topological polar surface area (TPSA) is 116 Å². The Hall–Kier alpha value is -2.81. The molecule has 3 rings (SSSR count). The molecular weight excluding hydrogens is 458 g/mol. The van der Waals surface area contributed by atoms with Crippen molar-refractivity contribution in [2.75, 3.05) is 6.54 Å². The number of ether oxygens (including phenoxy) is 1. The first-order chi connectivity index (χ1) is 15.4. The highest BCUT2D eigenvalue weighted by Gasteiger charge is 2.36. The number of nitrogens with zero attached hydrogens (tertiary/aromatic N) is 3. The van der Waals surface area contributed by atoms with Gasteiger partial charge >= 0.3 is 0 Å². The maximum Gasteiger partial charge on any atom is 0.264 e. The number of fused-ring (bicyclic) bond motifs is 1. The zero-order valence-electron chi connectivity index (χ0n) is 19.5. The predicted octanol–water partition coefficient (Wildman–Crippen LogP) is 4.40. The van der Waals surface area contributed by atoms with Gasteiger partial charge in [-0.1, -0.05) is 35.4 Å². The molecular formula is C23H29N5O3S2. The van der Waals surface area contributed by atoms with E-state index in [1.165, 1.54) is 0 Å². The largest absolute Gasteiger partial charge is 0.487 e. The molecule has 1 atom stereocenters. The first-order valence-corrected chi connectivity index (χ1v) is 12.5. The van der Waals surface area contributed by atoms with Gasteiger partial charge in [0.05, 0.1) is 4.90 Å². The molecule has 0 aliphatic carbocycles. The monoisotopic (exact) mass is 487 g/mol. The average Bonchev–Trinajstić information content (AvgIpc) is 3.06. The Kier molecular flexibility index (Phi) is 7.21. The lowest BCUT2D eigenvalue weighted by atomic mass is 9.94. The van der Waals surface area contributed by atoms with E-state index in [-0.39, 0.29) is 28.2 Å². The van der Waals surface area contributed by atoms with Gasteiger partial charge in [-0.05, 0) is 81.0 Å². The Morgan fingerprint density at radius 3 is 2.52 bits per heavy atom. The van der Waals surface area contributed by atoms with Gasteiger partial charge in [-0.3, -0.25) is 4.72 Å². The fourth-order valence-electron chi connectivity index (χ4n) is 4.23. The van der Waals surface area contributed by atoms with Gasteiger partial charge in [0.1, 0.15) is 11.4 Å². The second kappa shape index (κ2) is 9.59. The van der Waals surface area contributed by atoms with Gasteiger partial charge < -0.3 is 10.1 Å². The third-order valence-corrected chi connectivity index (χ3v) is 7.78. The molecule has 0 fully saturated rings. The summed E-state index contributed by atoms with van der Waals surface area (Å²) < 4.78 is 35.4. The molecule has 2 aromatic rings. The highest BCUT2D eigenvalue weighted by molar-refractivity contribution is 7.92. The molecule has 2 aromatic carbocycles. The zero-order chi connectivity index (χ0) is 24.4. The molecule has 0 bridgehead atoms. The fraction of sp³-hybridized carbons (Fsp3) is 0.435. The molecule has 10 heteroatoms. The van der Waals surface area contributed by atoms with Crippen LogP contribution in [0, 0.1) is 20.8 Å². The summed E-state index contributed by atoms with van der Waals surface area (Å²) in [6.07, 6.45) is 1.15. The van der Waals surface area contributed by atoms with Crippen LogP contribution >= 0.6 is 12.2 Å². The Morgan fingerprint density at radius 1 is 1.21 bits per heavy atom. The summed E-state index contributed by atoms with van der Waals surface area (Å²) in [6.45, 7) is 9.56. The van der Waals surface area contributed by atoms with E-state index in [1.54, 1.807) is 13.8 Å². The second-order valence-electron chi connectivity index (χ2n) is 8.93. The van der Waals surface area contributed by atoms with Crippen molar-refractivity contribution in [1.29, 1.82) is 0 Å². The third kappa shape index (κ3) is 5.58. The van der Waals surface area contributed by atoms with Crippen LogP contribution in [0.4, 0.5) is 0 Å². The van der Waals surface area contributed by atoms with Crippen LogP contribution in [0.2, 0.25) is 0 Å². The summed E-state index contributed by atoms with van der Waals surface area (Å²) in [7, 11) is -3.95. The Labute approximate surface area is 200 Å². The Bertz CT molecular complexity index is 1220. The molecule has 33 heavy (non-hydrogen) atoms. The van der Waals surface area contributed by atoms with Crippen LogP contribution in [0.25, 0.3) is 10.4 Å². The van der Waals surface area contributed by atoms with Gasteiger partial charge in [0.2, 0.25) is 0 Å². The van der Waals surface area contributed by atoms with Crippen LogP contribution in [-0.2, 0) is 22.9 Å². The van der Waals surface area contributed by atoms with Crippen LogP contribution < -0.4 is 14.8 Å². The van der Waals surface area contributed by atoms with E-state index in [0.717, 1.165) is 22.4 Å². The van der Waals surface area contributed by atoms with Crippen molar-refractivity contribution in [3.63, 3.8) is 0 Å². The molecule has 0 radical (unpaired) electrons. The van der Waals surface area contributed by atoms with E-state index in [9.17, 15) is 8.42 Å². The number of hydrogen-bond donors (Lipinski definition) is 2. The quantitative estimate of drug-likeness (QED) is 0.260. The molecule has 0 saturated carbocycles. The van der Waals surface area contributed by atoms with Gasteiger partial charge in [-0.25, -0.2) is 8.42 Å². The van der Waals surface area contributed by atoms with E-state index < -0.39 is 10.0 Å². The normalized spacial score (nSPS) is 15.1. The van der Waals surface area contributed by atoms with E-state index in [0.29, 0.717) is 24.0 Å². The Morgan fingerprint density at radius 2 is 1.88 bits per heavy atom. The van der Waals surface area contributed by atoms with Crippen molar-refractivity contribution in [2.24, 2.45) is 5.11 Å². The number of azide groups is 1. The summed E-state index contributed by atoms with van der Waals surface area (Å²) in [5.41, 5.74) is 12.4. The number of nitrogens with one attached hydrogen (secondary N) is 2. The number of thiocarbonyl (C=S) groups is 1. The lowest BCUT2D eigenvalue weighted by molar-refractivity contribution is 0.137. The molecule has 0 saturated heterocycles. The molecule has 0 aromatic heterocycles. The minimum Gasteiger partial charge on any atom is -0.487 e. The van der Waals surface area contributed by atoms with Crippen LogP contribution in [0.15, 0.2) is 40.3 Å². The average molecular weight is 488 g/mol. The van der Waals surface area contributed by atoms with E-state index >= 15 is 0 Å². The minimum atomic E-state index is -3.95. The number of benzene rings is 2. The molecule has 1 heterocycles. The predicted molar refractivity (Wildman–Crippen MR) is 133 cm³/mol. The summed E-state index contributed by atoms with van der Waals surface area (Å²) >= 11 is 5.34. The van der Waals surface area contributed by atoms with Crippen molar-refractivity contribution in [2.45, 2.75) is 64.0 Å². The van der Waals surface area contributed by atoms with Crippen molar-refractivity contribution < 1.29 is 13.2 Å². The standard InChI is InChI=1S/C23H29N5O3S2/c1-14-15(2)21(16(3)19-12-23(4,5)31-20(14)19)33(29,30)27-22(32)26-18(13-25-28-24)11-17-9-7-6-8-10-17/h6-10,18H,11-13H2,1-5H3,(H2,26,27,32)/t18-/m0/s1. The molecule has 1 aliphatic rings. The second-order valence-corrected chi connectivity index (χ2v) is 11.0. The zero-order valence-corrected chi connectivity index (χ0v) is 21.1. The summed E-state index contributed by atoms with van der Waals surface area (Å²) in [5.74, 6) is 0.770. The number of rotatable bonds is 7. The maximum absolute atomic E-state index is 13.4. The highest BCUT2D eigenvalue weighted by atomic mass is 32.2. The highest BCUT2D eigenvalue weighted by Crippen LogP contribution is 2.43. The van der Waals surface area contributed by atoms with Gasteiger partial charge in [-0.15, -0.1) is 0 Å². The van der Waals surface area contributed by atoms with E-state index in [2.05, 4.69) is 20.1 Å². The lowest BCUT2D eigenvalue weighted by Gasteiger charge is -2.22. The van der Waals surface area contributed by atoms with Crippen LogP contribution in [0.5, 0.6) is 5.75 Å². The van der Waals surface area contributed by atoms with Gasteiger partial charge in [-0.2, -0.15) is 0 Å². The smallest absolute Gasteiger partial charge is 0.264 e. The molecule has 1 aliphatic heterocycles. The number of sulfonamides is 1. The van der Waals surface area contributed by atoms with Crippen LogP contribution in [0.3, 0.4) is 0 Å². The Balaban J connectivity index is 1.85. The molecule has 0 amide bonds. The first-order valence-electron chi connectivity index (χ1n) is 10.6. The molecule has 2 N–H and O–H groups in total. The minimum absolute atomic E-state index is 0.0439. The van der Waals surface area contributed by atoms with Crippen molar-refractivity contribution in [3.05, 3.63) is 68.6 Å². The summed E-state index contributed by atoms with van der Waals surface area (Å²) in [5, 5.41) is 6.59. The van der Waals surface area contributed by atoms with Crippen LogP contribution in [-0.4, -0.2) is 31.7 Å². The van der Waals surface area contributed by atoms with Gasteiger partial charge in [0.15, 0.2) is 5.11 Å². The molecule has 0 spiro atoms. The van der Waals surface area contributed by atoms with Crippen LogP contribution in [0.1, 0.15) is 41.7 Å². The lowest BCUT2D eigenvalue weighted by Crippen LogP contribution is -2.46. The molecule has 0 unspecified atom stereocenters. The van der Waals surface area contributed by atoms with Crippen molar-refractivity contribution in [1.82, 2.24) is 10.0 Å². The van der Waals surface area contributed by atoms with Gasteiger partial charge in [0, 0.05) is 29.5 Å². The van der Waals surface area contributed by atoms with Crippen molar-refractivity contribution in [3.8, 4) is 5.75 Å². The van der Waals surface area contributed by atoms with E-state index in [1.807, 2.05) is 51.1 Å². The van der Waals surface area contributed by atoms with E-state index in [4.69, 9.17) is 22.5 Å². The summed E-state index contributed by atoms with van der Waals surface area (Å²) in [6, 6.07) is 9.26. The van der Waals surface area contributed by atoms with Crippen molar-refractivity contribution >= 4 is 27.4 Å². The summed E-state index contributed by atoms with van der Waals surface area (Å²) in [4.78, 5) is 3.04. The number of hydrogen-bond acceptors (Lipinski definition) is 5. The SMILES string of the molecule is Cc1c(C)c(S(=O)(=O)NC(=S)N[C@H](CN=[N+]=[N-])Cc2ccccc2)c(C)c2c1OC(C)(C)C2. The molecule has 8 nitrogen and oxygen atoms in total. The fourth-order valence-corrected chi connectivity index (χ4v) is 6.21.